The molecule has 2 aromatic heterocycles. The fraction of sp³-hybridized carbons (Fsp3) is 0.278. The topological polar surface area (TPSA) is 88.8 Å². The van der Waals surface area contributed by atoms with Crippen LogP contribution in [-0.2, 0) is 17.9 Å². The van der Waals surface area contributed by atoms with Crippen molar-refractivity contribution in [2.24, 2.45) is 0 Å². The molecule has 140 valence electrons. The highest BCUT2D eigenvalue weighted by atomic mass is 32.1. The van der Waals surface area contributed by atoms with Crippen molar-refractivity contribution >= 4 is 22.9 Å². The Kier molecular flexibility index (Phi) is 5.92. The van der Waals surface area contributed by atoms with Crippen LogP contribution in [0.25, 0.3) is 16.3 Å². The predicted molar refractivity (Wildman–Crippen MR) is 105 cm³/mol. The number of carbonyl (C=O) groups is 1. The maximum Gasteiger partial charge on any atom is 0.223 e. The van der Waals surface area contributed by atoms with E-state index in [4.69, 9.17) is 0 Å². The van der Waals surface area contributed by atoms with Crippen molar-refractivity contribution in [3.8, 4) is 10.6 Å². The maximum absolute atomic E-state index is 11.6. The SMILES string of the molecule is C=C(NCc1nnc(-c2ccccc2)s1)c1cn(CCC(=O)N(C)C)nn1. The van der Waals surface area contributed by atoms with Gasteiger partial charge in [-0.2, -0.15) is 0 Å². The molecule has 0 saturated carbocycles. The molecule has 0 spiro atoms. The van der Waals surface area contributed by atoms with Gasteiger partial charge in [-0.1, -0.05) is 53.5 Å². The van der Waals surface area contributed by atoms with Crippen molar-refractivity contribution in [2.75, 3.05) is 14.1 Å². The third-order valence-corrected chi connectivity index (χ3v) is 4.81. The molecule has 0 aliphatic heterocycles. The van der Waals surface area contributed by atoms with Crippen LogP contribution in [0.5, 0.6) is 0 Å². The van der Waals surface area contributed by atoms with Crippen molar-refractivity contribution in [3.63, 3.8) is 0 Å². The number of aryl methyl sites for hydroxylation is 1. The molecule has 0 unspecified atom stereocenters. The Hall–Kier alpha value is -3.07. The molecule has 0 aliphatic carbocycles. The molecule has 2 heterocycles. The van der Waals surface area contributed by atoms with E-state index in [2.05, 4.69) is 32.4 Å². The summed E-state index contributed by atoms with van der Waals surface area (Å²) in [7, 11) is 3.47. The van der Waals surface area contributed by atoms with Crippen LogP contribution in [0.3, 0.4) is 0 Å². The number of nitrogens with one attached hydrogen (secondary N) is 1. The Bertz CT molecular complexity index is 917. The Balaban J connectivity index is 1.53. The molecule has 3 aromatic rings. The fourth-order valence-corrected chi connectivity index (χ4v) is 3.06. The number of rotatable bonds is 8. The summed E-state index contributed by atoms with van der Waals surface area (Å²) in [4.78, 5) is 13.2. The Labute approximate surface area is 161 Å². The van der Waals surface area contributed by atoms with Crippen LogP contribution in [0.1, 0.15) is 17.1 Å². The zero-order valence-electron chi connectivity index (χ0n) is 15.3. The predicted octanol–water partition coefficient (Wildman–Crippen LogP) is 2.04. The number of hydrogen-bond acceptors (Lipinski definition) is 7. The zero-order valence-corrected chi connectivity index (χ0v) is 16.1. The van der Waals surface area contributed by atoms with Gasteiger partial charge in [0.25, 0.3) is 0 Å². The van der Waals surface area contributed by atoms with Gasteiger partial charge < -0.3 is 10.2 Å². The lowest BCUT2D eigenvalue weighted by Crippen LogP contribution is -2.23. The number of amides is 1. The Morgan fingerprint density at radius 2 is 2.00 bits per heavy atom. The Morgan fingerprint density at radius 1 is 1.22 bits per heavy atom. The largest absolute Gasteiger partial charge is 0.377 e. The van der Waals surface area contributed by atoms with Crippen LogP contribution in [0, 0.1) is 0 Å². The minimum absolute atomic E-state index is 0.0505. The normalized spacial score (nSPS) is 10.6. The van der Waals surface area contributed by atoms with Gasteiger partial charge in [0.05, 0.1) is 25.0 Å². The van der Waals surface area contributed by atoms with Gasteiger partial charge in [-0.25, -0.2) is 0 Å². The van der Waals surface area contributed by atoms with Crippen LogP contribution in [-0.4, -0.2) is 50.1 Å². The molecular weight excluding hydrogens is 362 g/mol. The summed E-state index contributed by atoms with van der Waals surface area (Å²) in [6, 6.07) is 9.95. The molecule has 3 rings (SSSR count). The first-order chi connectivity index (χ1) is 13.0. The van der Waals surface area contributed by atoms with Crippen LogP contribution in [0.4, 0.5) is 0 Å². The summed E-state index contributed by atoms with van der Waals surface area (Å²) in [5.41, 5.74) is 2.34. The average molecular weight is 383 g/mol. The van der Waals surface area contributed by atoms with Gasteiger partial charge in [0.15, 0.2) is 0 Å². The monoisotopic (exact) mass is 383 g/mol. The van der Waals surface area contributed by atoms with Crippen molar-refractivity contribution < 1.29 is 4.79 Å². The molecule has 0 bridgehead atoms. The molecule has 1 amide bonds. The number of benzene rings is 1. The molecule has 1 aromatic carbocycles. The van der Waals surface area contributed by atoms with Crippen LogP contribution >= 0.6 is 11.3 Å². The summed E-state index contributed by atoms with van der Waals surface area (Å²) < 4.78 is 1.64. The van der Waals surface area contributed by atoms with E-state index in [-0.39, 0.29) is 5.91 Å². The number of aromatic nitrogens is 5. The maximum atomic E-state index is 11.6. The molecule has 9 heteroatoms. The second-order valence-corrected chi connectivity index (χ2v) is 7.17. The van der Waals surface area contributed by atoms with Crippen LogP contribution in [0.2, 0.25) is 0 Å². The van der Waals surface area contributed by atoms with Crippen LogP contribution < -0.4 is 5.32 Å². The average Bonchev–Trinajstić information content (AvgIpc) is 3.34. The van der Waals surface area contributed by atoms with Crippen molar-refractivity contribution in [2.45, 2.75) is 19.5 Å². The molecule has 27 heavy (non-hydrogen) atoms. The number of hydrogen-bond donors (Lipinski definition) is 1. The van der Waals surface area contributed by atoms with Crippen molar-refractivity contribution in [3.05, 3.63) is 53.8 Å². The van der Waals surface area contributed by atoms with E-state index >= 15 is 0 Å². The molecular formula is C18H21N7OS. The minimum atomic E-state index is 0.0505. The highest BCUT2D eigenvalue weighted by Crippen LogP contribution is 2.23. The second kappa shape index (κ2) is 8.54. The van der Waals surface area contributed by atoms with Gasteiger partial charge in [0, 0.05) is 26.1 Å². The molecule has 8 nitrogen and oxygen atoms in total. The second-order valence-electron chi connectivity index (χ2n) is 6.10. The third kappa shape index (κ3) is 4.98. The van der Waals surface area contributed by atoms with Gasteiger partial charge in [-0.3, -0.25) is 9.48 Å². The van der Waals surface area contributed by atoms with Gasteiger partial charge in [0.1, 0.15) is 15.7 Å². The first-order valence-corrected chi connectivity index (χ1v) is 9.26. The highest BCUT2D eigenvalue weighted by Gasteiger charge is 2.10. The van der Waals surface area contributed by atoms with Gasteiger partial charge >= 0.3 is 0 Å². The van der Waals surface area contributed by atoms with E-state index < -0.39 is 0 Å². The fourth-order valence-electron chi connectivity index (χ4n) is 2.28. The van der Waals surface area contributed by atoms with E-state index in [9.17, 15) is 4.79 Å². The highest BCUT2D eigenvalue weighted by molar-refractivity contribution is 7.14. The molecule has 1 N–H and O–H groups in total. The van der Waals surface area contributed by atoms with E-state index in [1.807, 2.05) is 30.3 Å². The number of nitrogens with zero attached hydrogens (tertiary/aromatic N) is 6. The van der Waals surface area contributed by atoms with Crippen LogP contribution in [0.15, 0.2) is 43.1 Å². The first kappa shape index (κ1) is 18.7. The summed E-state index contributed by atoms with van der Waals surface area (Å²) in [6.45, 7) is 4.99. The summed E-state index contributed by atoms with van der Waals surface area (Å²) in [5.74, 6) is 0.0505. The van der Waals surface area contributed by atoms with Crippen molar-refractivity contribution in [1.29, 1.82) is 0 Å². The van der Waals surface area contributed by atoms with E-state index in [1.54, 1.807) is 29.9 Å². The lowest BCUT2D eigenvalue weighted by molar-refractivity contribution is -0.128. The van der Waals surface area contributed by atoms with Gasteiger partial charge in [-0.05, 0) is 0 Å². The van der Waals surface area contributed by atoms with Gasteiger partial charge in [-0.15, -0.1) is 15.3 Å². The molecule has 0 aliphatic rings. The molecule has 0 radical (unpaired) electrons. The summed E-state index contributed by atoms with van der Waals surface area (Å²) >= 11 is 1.53. The molecule has 0 saturated heterocycles. The zero-order chi connectivity index (χ0) is 19.2. The van der Waals surface area contributed by atoms with E-state index in [0.29, 0.717) is 30.9 Å². The van der Waals surface area contributed by atoms with Crippen molar-refractivity contribution in [1.82, 2.24) is 35.4 Å². The summed E-state index contributed by atoms with van der Waals surface area (Å²) in [5, 5.41) is 21.5. The number of carbonyl (C=O) groups excluding carboxylic acids is 1. The lowest BCUT2D eigenvalue weighted by atomic mass is 10.2. The molecule has 0 atom stereocenters. The first-order valence-electron chi connectivity index (χ1n) is 8.44. The Morgan fingerprint density at radius 3 is 2.74 bits per heavy atom. The quantitative estimate of drug-likeness (QED) is 0.640. The lowest BCUT2D eigenvalue weighted by Gasteiger charge is -2.09. The standard InChI is InChI=1S/C18H21N7OS/c1-13(15-12-25(23-20-15)10-9-17(26)24(2)3)19-11-16-21-22-18(27-16)14-7-5-4-6-8-14/h4-8,12,19H,1,9-11H2,2-3H3. The smallest absolute Gasteiger partial charge is 0.223 e. The third-order valence-electron chi connectivity index (χ3n) is 3.84. The van der Waals surface area contributed by atoms with E-state index in [1.165, 1.54) is 11.3 Å². The van der Waals surface area contributed by atoms with E-state index in [0.717, 1.165) is 15.6 Å². The molecule has 0 fully saturated rings. The minimum Gasteiger partial charge on any atom is -0.377 e. The van der Waals surface area contributed by atoms with Gasteiger partial charge in [0.2, 0.25) is 5.91 Å². The summed E-state index contributed by atoms with van der Waals surface area (Å²) in [6.07, 6.45) is 2.15.